The summed E-state index contributed by atoms with van der Waals surface area (Å²) in [5, 5.41) is 11.1. The molecule has 0 atom stereocenters. The number of non-ortho nitro benzene ring substituents is 1. The van der Waals surface area contributed by atoms with Gasteiger partial charge in [-0.05, 0) is 38.7 Å². The minimum atomic E-state index is -0.384. The van der Waals surface area contributed by atoms with E-state index in [4.69, 9.17) is 4.99 Å². The maximum Gasteiger partial charge on any atom is 0.270 e. The van der Waals surface area contributed by atoms with Crippen molar-refractivity contribution < 1.29 is 9.72 Å². The smallest absolute Gasteiger partial charge is 0.270 e. The largest absolute Gasteiger partial charge is 0.299 e. The van der Waals surface area contributed by atoms with Gasteiger partial charge in [-0.15, -0.1) is 0 Å². The second kappa shape index (κ2) is 7.06. The summed E-state index contributed by atoms with van der Waals surface area (Å²) in [6.45, 7) is 4.10. The SMILES string of the molecule is CC1(C)Cc2ccc([N+](=O)[O-])cc2C(CC(=O)C2CCCCCC2)=N1. The average molecular weight is 342 g/mol. The summed E-state index contributed by atoms with van der Waals surface area (Å²) in [5.74, 6) is 0.369. The van der Waals surface area contributed by atoms with Gasteiger partial charge in [0.2, 0.25) is 0 Å². The number of benzene rings is 1. The van der Waals surface area contributed by atoms with Gasteiger partial charge in [0, 0.05) is 30.0 Å². The van der Waals surface area contributed by atoms with Gasteiger partial charge in [0.1, 0.15) is 5.78 Å². The van der Waals surface area contributed by atoms with E-state index in [1.54, 1.807) is 12.1 Å². The van der Waals surface area contributed by atoms with Crippen LogP contribution in [0, 0.1) is 16.0 Å². The van der Waals surface area contributed by atoms with E-state index in [0.717, 1.165) is 48.9 Å². The highest BCUT2D eigenvalue weighted by molar-refractivity contribution is 6.13. The fraction of sp³-hybridized carbons (Fsp3) is 0.600. The Morgan fingerprint density at radius 2 is 1.92 bits per heavy atom. The van der Waals surface area contributed by atoms with Crippen molar-refractivity contribution in [1.29, 1.82) is 0 Å². The molecule has 1 fully saturated rings. The monoisotopic (exact) mass is 342 g/mol. The lowest BCUT2D eigenvalue weighted by molar-refractivity contribution is -0.384. The van der Waals surface area contributed by atoms with Crippen LogP contribution in [0.15, 0.2) is 23.2 Å². The molecule has 1 aliphatic carbocycles. The molecule has 1 aromatic rings. The van der Waals surface area contributed by atoms with Crippen molar-refractivity contribution in [3.05, 3.63) is 39.4 Å². The first-order chi connectivity index (χ1) is 11.9. The quantitative estimate of drug-likeness (QED) is 0.454. The molecule has 1 heterocycles. The first-order valence-corrected chi connectivity index (χ1v) is 9.25. The Balaban J connectivity index is 1.88. The van der Waals surface area contributed by atoms with Crippen LogP contribution in [0.25, 0.3) is 0 Å². The van der Waals surface area contributed by atoms with E-state index in [1.807, 2.05) is 19.9 Å². The standard InChI is InChI=1S/C20H26N2O3/c1-20(2)13-15-9-10-16(22(24)25)11-17(15)18(21-20)12-19(23)14-7-5-3-4-6-8-14/h9-11,14H,3-8,12-13H2,1-2H3. The fourth-order valence-electron chi connectivity index (χ4n) is 4.08. The molecule has 0 unspecified atom stereocenters. The summed E-state index contributed by atoms with van der Waals surface area (Å²) in [5.41, 5.74) is 2.35. The van der Waals surface area contributed by atoms with Crippen molar-refractivity contribution in [2.75, 3.05) is 0 Å². The Morgan fingerprint density at radius 3 is 2.56 bits per heavy atom. The van der Waals surface area contributed by atoms with Gasteiger partial charge in [-0.1, -0.05) is 31.7 Å². The molecule has 0 amide bonds. The Labute approximate surface area is 148 Å². The van der Waals surface area contributed by atoms with E-state index in [0.29, 0.717) is 6.42 Å². The van der Waals surface area contributed by atoms with Gasteiger partial charge >= 0.3 is 0 Å². The van der Waals surface area contributed by atoms with Gasteiger partial charge in [0.05, 0.1) is 16.2 Å². The minimum Gasteiger partial charge on any atom is -0.299 e. The summed E-state index contributed by atoms with van der Waals surface area (Å²) in [6, 6.07) is 4.95. The number of nitrogens with zero attached hydrogens (tertiary/aromatic N) is 2. The predicted octanol–water partition coefficient (Wildman–Crippen LogP) is 4.65. The maximum absolute atomic E-state index is 12.8. The summed E-state index contributed by atoms with van der Waals surface area (Å²) in [7, 11) is 0. The number of nitro groups is 1. The zero-order chi connectivity index (χ0) is 18.0. The number of aliphatic imine (C=N–C) groups is 1. The van der Waals surface area contributed by atoms with Crippen LogP contribution >= 0.6 is 0 Å². The highest BCUT2D eigenvalue weighted by Gasteiger charge is 2.30. The van der Waals surface area contributed by atoms with Crippen LogP contribution in [0.3, 0.4) is 0 Å². The summed E-state index contributed by atoms with van der Waals surface area (Å²) in [6.07, 6.45) is 7.64. The van der Waals surface area contributed by atoms with Crippen LogP contribution < -0.4 is 0 Å². The third kappa shape index (κ3) is 4.14. The van der Waals surface area contributed by atoms with Gasteiger partial charge in [-0.25, -0.2) is 0 Å². The Kier molecular flexibility index (Phi) is 5.02. The zero-order valence-corrected chi connectivity index (χ0v) is 15.1. The van der Waals surface area contributed by atoms with Crippen molar-refractivity contribution in [1.82, 2.24) is 0 Å². The van der Waals surface area contributed by atoms with Crippen molar-refractivity contribution in [3.63, 3.8) is 0 Å². The Bertz CT molecular complexity index is 714. The number of hydrogen-bond donors (Lipinski definition) is 0. The molecule has 0 radical (unpaired) electrons. The molecule has 0 N–H and O–H groups in total. The lowest BCUT2D eigenvalue weighted by Gasteiger charge is -2.29. The van der Waals surface area contributed by atoms with Crippen LogP contribution in [0.1, 0.15) is 69.9 Å². The van der Waals surface area contributed by atoms with Crippen molar-refractivity contribution >= 4 is 17.2 Å². The topological polar surface area (TPSA) is 72.6 Å². The number of rotatable bonds is 4. The van der Waals surface area contributed by atoms with Crippen LogP contribution in [0.5, 0.6) is 0 Å². The van der Waals surface area contributed by atoms with E-state index in [-0.39, 0.29) is 27.9 Å². The molecule has 25 heavy (non-hydrogen) atoms. The predicted molar refractivity (Wildman–Crippen MR) is 98.2 cm³/mol. The molecule has 5 nitrogen and oxygen atoms in total. The zero-order valence-electron chi connectivity index (χ0n) is 15.1. The molecule has 0 bridgehead atoms. The minimum absolute atomic E-state index is 0.0630. The number of fused-ring (bicyclic) bond motifs is 1. The second-order valence-electron chi connectivity index (χ2n) is 7.98. The van der Waals surface area contributed by atoms with Gasteiger partial charge in [0.25, 0.3) is 5.69 Å². The Hall–Kier alpha value is -2.04. The van der Waals surface area contributed by atoms with Crippen LogP contribution in [-0.2, 0) is 11.2 Å². The number of carbonyl (C=O) groups excluding carboxylic acids is 1. The van der Waals surface area contributed by atoms with Crippen molar-refractivity contribution in [2.45, 2.75) is 70.8 Å². The van der Waals surface area contributed by atoms with E-state index in [1.165, 1.54) is 12.8 Å². The number of hydrogen-bond acceptors (Lipinski definition) is 4. The molecule has 1 aromatic carbocycles. The molecular formula is C20H26N2O3. The number of nitro benzene ring substituents is 1. The summed E-state index contributed by atoms with van der Waals surface area (Å²) < 4.78 is 0. The van der Waals surface area contributed by atoms with E-state index in [2.05, 4.69) is 0 Å². The molecule has 2 aliphatic rings. The summed E-state index contributed by atoms with van der Waals surface area (Å²) in [4.78, 5) is 28.4. The second-order valence-corrected chi connectivity index (χ2v) is 7.98. The highest BCUT2D eigenvalue weighted by Crippen LogP contribution is 2.32. The van der Waals surface area contributed by atoms with Gasteiger partial charge in [-0.3, -0.25) is 19.9 Å². The first kappa shape index (κ1) is 17.8. The van der Waals surface area contributed by atoms with Crippen molar-refractivity contribution in [2.24, 2.45) is 10.9 Å². The average Bonchev–Trinajstić information content (AvgIpc) is 2.82. The normalized spacial score (nSPS) is 20.3. The van der Waals surface area contributed by atoms with Crippen LogP contribution in [-0.4, -0.2) is 22.0 Å². The number of Topliss-reactive ketones (excluding diaryl/α,β-unsaturated/α-hetero) is 1. The highest BCUT2D eigenvalue weighted by atomic mass is 16.6. The van der Waals surface area contributed by atoms with E-state index >= 15 is 0 Å². The Morgan fingerprint density at radius 1 is 1.24 bits per heavy atom. The lowest BCUT2D eigenvalue weighted by atomic mass is 9.83. The third-order valence-electron chi connectivity index (χ3n) is 5.33. The fourth-order valence-corrected chi connectivity index (χ4v) is 4.08. The lowest BCUT2D eigenvalue weighted by Crippen LogP contribution is -2.31. The third-order valence-corrected chi connectivity index (χ3v) is 5.33. The number of carbonyl (C=O) groups is 1. The molecule has 1 saturated carbocycles. The van der Waals surface area contributed by atoms with Crippen molar-refractivity contribution in [3.8, 4) is 0 Å². The number of ketones is 1. The van der Waals surface area contributed by atoms with Gasteiger partial charge in [-0.2, -0.15) is 0 Å². The molecule has 134 valence electrons. The maximum atomic E-state index is 12.8. The first-order valence-electron chi connectivity index (χ1n) is 9.25. The summed E-state index contributed by atoms with van der Waals surface area (Å²) >= 11 is 0. The molecule has 5 heteroatoms. The van der Waals surface area contributed by atoms with E-state index < -0.39 is 0 Å². The van der Waals surface area contributed by atoms with Crippen LogP contribution in [0.4, 0.5) is 5.69 Å². The van der Waals surface area contributed by atoms with Gasteiger partial charge in [0.15, 0.2) is 0 Å². The van der Waals surface area contributed by atoms with Gasteiger partial charge < -0.3 is 0 Å². The molecule has 1 aliphatic heterocycles. The molecular weight excluding hydrogens is 316 g/mol. The molecule has 0 spiro atoms. The molecule has 0 aromatic heterocycles. The van der Waals surface area contributed by atoms with Crippen LogP contribution in [0.2, 0.25) is 0 Å². The molecule has 3 rings (SSSR count). The molecule has 0 saturated heterocycles. The van der Waals surface area contributed by atoms with E-state index in [9.17, 15) is 14.9 Å².